The lowest BCUT2D eigenvalue weighted by molar-refractivity contribution is -0.0328. The predicted octanol–water partition coefficient (Wildman–Crippen LogP) is 2.11. The number of aromatic nitrogens is 2. The van der Waals surface area contributed by atoms with Crippen LogP contribution in [0.1, 0.15) is 35.9 Å². The molecule has 0 saturated carbocycles. The van der Waals surface area contributed by atoms with Crippen LogP contribution in [0.3, 0.4) is 0 Å². The summed E-state index contributed by atoms with van der Waals surface area (Å²) in [5, 5.41) is 4.22. The molecule has 0 unspecified atom stereocenters. The van der Waals surface area contributed by atoms with E-state index in [4.69, 9.17) is 4.74 Å². The van der Waals surface area contributed by atoms with E-state index in [2.05, 4.69) is 18.9 Å². The van der Waals surface area contributed by atoms with E-state index in [9.17, 15) is 9.59 Å². The second kappa shape index (κ2) is 6.80. The SMILES string of the molecule is COCCn1nc(C(=O)N2CC(C)(C)[C@@H]2c2ccccc2)ccc1=O. The lowest BCUT2D eigenvalue weighted by atomic mass is 9.71. The van der Waals surface area contributed by atoms with Crippen LogP contribution in [0.15, 0.2) is 47.3 Å². The van der Waals surface area contributed by atoms with Gasteiger partial charge in [0.25, 0.3) is 11.5 Å². The summed E-state index contributed by atoms with van der Waals surface area (Å²) in [5.74, 6) is -0.153. The third-order valence-corrected chi connectivity index (χ3v) is 4.60. The van der Waals surface area contributed by atoms with Crippen LogP contribution in [0.5, 0.6) is 0 Å². The Balaban J connectivity index is 1.87. The van der Waals surface area contributed by atoms with Crippen LogP contribution in [0.2, 0.25) is 0 Å². The van der Waals surface area contributed by atoms with Crippen LogP contribution >= 0.6 is 0 Å². The molecule has 1 aliphatic heterocycles. The van der Waals surface area contributed by atoms with E-state index in [0.29, 0.717) is 19.7 Å². The Bertz CT molecular complexity index is 814. The largest absolute Gasteiger partial charge is 0.383 e. The molecule has 0 bridgehead atoms. The number of ether oxygens (including phenoxy) is 1. The molecule has 1 aromatic heterocycles. The van der Waals surface area contributed by atoms with Gasteiger partial charge in [0, 0.05) is 25.1 Å². The van der Waals surface area contributed by atoms with Gasteiger partial charge >= 0.3 is 0 Å². The maximum atomic E-state index is 13.0. The quantitative estimate of drug-likeness (QED) is 0.835. The van der Waals surface area contributed by atoms with Crippen molar-refractivity contribution in [3.63, 3.8) is 0 Å². The molecule has 1 aliphatic rings. The van der Waals surface area contributed by atoms with Gasteiger partial charge in [-0.2, -0.15) is 5.10 Å². The third-order valence-electron chi connectivity index (χ3n) is 4.60. The number of carbonyl (C=O) groups is 1. The van der Waals surface area contributed by atoms with Gasteiger partial charge in [0.15, 0.2) is 0 Å². The van der Waals surface area contributed by atoms with Crippen LogP contribution in [0.25, 0.3) is 0 Å². The van der Waals surface area contributed by atoms with Crippen LogP contribution in [0, 0.1) is 5.41 Å². The maximum absolute atomic E-state index is 13.0. The van der Waals surface area contributed by atoms with Gasteiger partial charge in [-0.3, -0.25) is 9.59 Å². The molecule has 1 saturated heterocycles. The van der Waals surface area contributed by atoms with Gasteiger partial charge in [0.2, 0.25) is 0 Å². The van der Waals surface area contributed by atoms with Crippen molar-refractivity contribution in [2.45, 2.75) is 26.4 Å². The first-order valence-corrected chi connectivity index (χ1v) is 8.37. The molecule has 2 heterocycles. The molecule has 132 valence electrons. The van der Waals surface area contributed by atoms with E-state index >= 15 is 0 Å². The van der Waals surface area contributed by atoms with Crippen LogP contribution in [0.4, 0.5) is 0 Å². The fourth-order valence-corrected chi connectivity index (χ4v) is 3.43. The van der Waals surface area contributed by atoms with Gasteiger partial charge in [-0.15, -0.1) is 0 Å². The maximum Gasteiger partial charge on any atom is 0.274 e. The summed E-state index contributed by atoms with van der Waals surface area (Å²) in [7, 11) is 1.56. The zero-order valence-electron chi connectivity index (χ0n) is 14.8. The second-order valence-corrected chi connectivity index (χ2v) is 7.01. The van der Waals surface area contributed by atoms with E-state index in [1.54, 1.807) is 7.11 Å². The molecule has 0 radical (unpaired) electrons. The summed E-state index contributed by atoms with van der Waals surface area (Å²) in [5.41, 5.74) is 1.16. The number of rotatable bonds is 5. The van der Waals surface area contributed by atoms with Crippen LogP contribution < -0.4 is 5.56 Å². The number of hydrogen-bond donors (Lipinski definition) is 0. The Labute approximate surface area is 147 Å². The summed E-state index contributed by atoms with van der Waals surface area (Å²) < 4.78 is 6.26. The van der Waals surface area contributed by atoms with Crippen molar-refractivity contribution in [3.8, 4) is 0 Å². The smallest absolute Gasteiger partial charge is 0.274 e. The summed E-state index contributed by atoms with van der Waals surface area (Å²) in [4.78, 5) is 26.6. The van der Waals surface area contributed by atoms with E-state index in [1.165, 1.54) is 16.8 Å². The van der Waals surface area contributed by atoms with Crippen molar-refractivity contribution < 1.29 is 9.53 Å². The molecular formula is C19H23N3O3. The summed E-state index contributed by atoms with van der Waals surface area (Å²) in [6, 6.07) is 12.9. The summed E-state index contributed by atoms with van der Waals surface area (Å²) >= 11 is 0. The first kappa shape index (κ1) is 17.4. The van der Waals surface area contributed by atoms with Crippen molar-refractivity contribution in [2.75, 3.05) is 20.3 Å². The van der Waals surface area contributed by atoms with Crippen molar-refractivity contribution in [3.05, 3.63) is 64.1 Å². The number of methoxy groups -OCH3 is 1. The first-order valence-electron chi connectivity index (χ1n) is 8.37. The molecule has 1 fully saturated rings. The number of benzene rings is 1. The Morgan fingerprint density at radius 2 is 1.96 bits per heavy atom. The van der Waals surface area contributed by atoms with Gasteiger partial charge in [-0.05, 0) is 11.6 Å². The van der Waals surface area contributed by atoms with E-state index in [1.807, 2.05) is 35.2 Å². The van der Waals surface area contributed by atoms with Crippen molar-refractivity contribution in [1.82, 2.24) is 14.7 Å². The number of likely N-dealkylation sites (tertiary alicyclic amines) is 1. The van der Waals surface area contributed by atoms with E-state index in [0.717, 1.165) is 5.56 Å². The second-order valence-electron chi connectivity index (χ2n) is 7.01. The molecule has 6 heteroatoms. The Kier molecular flexibility index (Phi) is 4.72. The average Bonchev–Trinajstić information content (AvgIpc) is 2.59. The minimum absolute atomic E-state index is 0.00150. The third kappa shape index (κ3) is 3.35. The lowest BCUT2D eigenvalue weighted by Crippen LogP contribution is -2.58. The standard InChI is InChI=1S/C19H23N3O3/c1-19(2)13-21(17(19)14-7-5-4-6-8-14)18(24)15-9-10-16(23)22(20-15)11-12-25-3/h4-10,17H,11-13H2,1-3H3/t17-/m0/s1. The lowest BCUT2D eigenvalue weighted by Gasteiger charge is -2.54. The molecule has 0 N–H and O–H groups in total. The topological polar surface area (TPSA) is 64.4 Å². The van der Waals surface area contributed by atoms with Gasteiger partial charge in [-0.1, -0.05) is 44.2 Å². The highest BCUT2D eigenvalue weighted by molar-refractivity contribution is 5.93. The van der Waals surface area contributed by atoms with Gasteiger partial charge in [0.05, 0.1) is 19.2 Å². The van der Waals surface area contributed by atoms with Crippen LogP contribution in [-0.2, 0) is 11.3 Å². The zero-order chi connectivity index (χ0) is 18.0. The number of nitrogens with zero attached hydrogens (tertiary/aromatic N) is 3. The number of hydrogen-bond acceptors (Lipinski definition) is 4. The minimum Gasteiger partial charge on any atom is -0.383 e. The van der Waals surface area contributed by atoms with E-state index < -0.39 is 0 Å². The molecule has 1 aromatic carbocycles. The van der Waals surface area contributed by atoms with Crippen molar-refractivity contribution in [2.24, 2.45) is 5.41 Å². The van der Waals surface area contributed by atoms with Crippen LogP contribution in [-0.4, -0.2) is 40.8 Å². The fraction of sp³-hybridized carbons (Fsp3) is 0.421. The number of carbonyl (C=O) groups excluding carboxylic acids is 1. The molecule has 0 aliphatic carbocycles. The van der Waals surface area contributed by atoms with Crippen molar-refractivity contribution in [1.29, 1.82) is 0 Å². The molecular weight excluding hydrogens is 318 g/mol. The molecule has 6 nitrogen and oxygen atoms in total. The zero-order valence-corrected chi connectivity index (χ0v) is 14.8. The van der Waals surface area contributed by atoms with Gasteiger partial charge in [0.1, 0.15) is 5.69 Å². The molecule has 25 heavy (non-hydrogen) atoms. The molecule has 3 rings (SSSR count). The minimum atomic E-state index is -0.239. The molecule has 1 atom stereocenters. The normalized spacial score (nSPS) is 18.7. The van der Waals surface area contributed by atoms with E-state index in [-0.39, 0.29) is 28.6 Å². The first-order chi connectivity index (χ1) is 11.9. The van der Waals surface area contributed by atoms with Gasteiger partial charge < -0.3 is 9.64 Å². The fourth-order valence-electron chi connectivity index (χ4n) is 3.43. The summed E-state index contributed by atoms with van der Waals surface area (Å²) in [6.45, 7) is 5.66. The molecule has 1 amide bonds. The monoisotopic (exact) mass is 341 g/mol. The summed E-state index contributed by atoms with van der Waals surface area (Å²) in [6.07, 6.45) is 0. The Hall–Kier alpha value is -2.47. The highest BCUT2D eigenvalue weighted by Gasteiger charge is 2.49. The Morgan fingerprint density at radius 1 is 1.24 bits per heavy atom. The molecule has 0 spiro atoms. The highest BCUT2D eigenvalue weighted by atomic mass is 16.5. The average molecular weight is 341 g/mol. The Morgan fingerprint density at radius 3 is 2.60 bits per heavy atom. The number of amides is 1. The van der Waals surface area contributed by atoms with Gasteiger partial charge in [-0.25, -0.2) is 4.68 Å². The van der Waals surface area contributed by atoms with Crippen molar-refractivity contribution >= 4 is 5.91 Å². The molecule has 2 aromatic rings. The predicted molar refractivity (Wildman–Crippen MR) is 94.4 cm³/mol. The highest BCUT2D eigenvalue weighted by Crippen LogP contribution is 2.48.